The first-order valence-corrected chi connectivity index (χ1v) is 8.19. The highest BCUT2D eigenvalue weighted by Gasteiger charge is 2.41. The van der Waals surface area contributed by atoms with E-state index in [-0.39, 0.29) is 29.0 Å². The number of nitrogens with zero attached hydrogens (tertiary/aromatic N) is 4. The maximum Gasteiger partial charge on any atom is 0.433 e. The van der Waals surface area contributed by atoms with E-state index >= 15 is 0 Å². The summed E-state index contributed by atoms with van der Waals surface area (Å²) >= 11 is 0. The Morgan fingerprint density at radius 3 is 2.48 bits per heavy atom. The Labute approximate surface area is 153 Å². The lowest BCUT2D eigenvalue weighted by Crippen LogP contribution is -2.15. The molecule has 142 valence electrons. The molecule has 0 atom stereocenters. The fraction of sp³-hybridized carbons (Fsp3) is 0.333. The molecule has 0 aliphatic rings. The van der Waals surface area contributed by atoms with Gasteiger partial charge in [0.25, 0.3) is 0 Å². The summed E-state index contributed by atoms with van der Waals surface area (Å²) in [5.74, 6) is 0.476. The number of alkyl halides is 3. The van der Waals surface area contributed by atoms with Gasteiger partial charge in [-0.25, -0.2) is 0 Å². The number of halogens is 3. The number of ether oxygens (including phenoxy) is 1. The summed E-state index contributed by atoms with van der Waals surface area (Å²) in [5.41, 5.74) is 6.91. The molecule has 3 aromatic rings. The van der Waals surface area contributed by atoms with Gasteiger partial charge in [-0.2, -0.15) is 23.5 Å². The number of fused-ring (bicyclic) bond motifs is 1. The van der Waals surface area contributed by atoms with Crippen LogP contribution in [-0.4, -0.2) is 21.5 Å². The predicted octanol–water partition coefficient (Wildman–Crippen LogP) is 3.95. The number of nitrogen functional groups attached to an aromatic ring is 1. The fourth-order valence-electron chi connectivity index (χ4n) is 3.43. The van der Waals surface area contributed by atoms with Gasteiger partial charge >= 0.3 is 6.18 Å². The van der Waals surface area contributed by atoms with Crippen LogP contribution in [-0.2, 0) is 12.7 Å². The number of aryl methyl sites for hydroxylation is 2. The highest BCUT2D eigenvalue weighted by molar-refractivity contribution is 5.94. The van der Waals surface area contributed by atoms with Crippen LogP contribution in [0.4, 0.5) is 19.0 Å². The second-order valence-electron chi connectivity index (χ2n) is 6.13. The van der Waals surface area contributed by atoms with Crippen molar-refractivity contribution in [2.24, 2.45) is 0 Å². The molecule has 0 aliphatic heterocycles. The van der Waals surface area contributed by atoms with E-state index < -0.39 is 11.9 Å². The Kier molecular flexibility index (Phi) is 4.30. The molecule has 27 heavy (non-hydrogen) atoms. The van der Waals surface area contributed by atoms with E-state index in [1.165, 1.54) is 11.7 Å². The normalized spacial score (nSPS) is 11.8. The third-order valence-corrected chi connectivity index (χ3v) is 4.60. The van der Waals surface area contributed by atoms with Gasteiger partial charge in [-0.1, -0.05) is 6.07 Å². The lowest BCUT2D eigenvalue weighted by atomic mass is 10.1. The smallest absolute Gasteiger partial charge is 0.433 e. The molecule has 0 bridgehead atoms. The molecule has 0 amide bonds. The minimum Gasteiger partial charge on any atom is -0.496 e. The number of nitriles is 1. The molecule has 2 aromatic heterocycles. The first kappa shape index (κ1) is 18.6. The topological polar surface area (TPSA) is 81.8 Å². The summed E-state index contributed by atoms with van der Waals surface area (Å²) in [4.78, 5) is 0. The molecule has 0 aliphatic carbocycles. The maximum atomic E-state index is 13.7. The van der Waals surface area contributed by atoms with Crippen LogP contribution in [0.25, 0.3) is 16.7 Å². The van der Waals surface area contributed by atoms with E-state index in [9.17, 15) is 18.4 Å². The number of hydrogen-bond acceptors (Lipinski definition) is 4. The van der Waals surface area contributed by atoms with Gasteiger partial charge in [0.1, 0.15) is 23.2 Å². The van der Waals surface area contributed by atoms with E-state index in [0.717, 1.165) is 10.2 Å². The van der Waals surface area contributed by atoms with Crippen LogP contribution in [0.3, 0.4) is 0 Å². The largest absolute Gasteiger partial charge is 0.496 e. The van der Waals surface area contributed by atoms with E-state index in [1.807, 2.05) is 6.07 Å². The predicted molar refractivity (Wildman–Crippen MR) is 94.9 cm³/mol. The molecule has 0 saturated heterocycles. The molecule has 2 N–H and O–H groups in total. The molecule has 1 aromatic carbocycles. The second kappa shape index (κ2) is 6.23. The third-order valence-electron chi connectivity index (χ3n) is 4.60. The molecule has 9 heteroatoms. The minimum atomic E-state index is -4.67. The number of methoxy groups -OCH3 is 1. The minimum absolute atomic E-state index is 0.00215. The third kappa shape index (κ3) is 2.60. The number of aromatic nitrogens is 3. The van der Waals surface area contributed by atoms with Crippen molar-refractivity contribution in [3.8, 4) is 17.5 Å². The number of nitrogens with two attached hydrogens (primary N) is 1. The van der Waals surface area contributed by atoms with Crippen molar-refractivity contribution in [2.75, 3.05) is 12.8 Å². The second-order valence-corrected chi connectivity index (χ2v) is 6.13. The SMILES string of the molecule is CCn1nc2c(c(C#N)c(N)n2-c2c(C)ccc(OC)c2C)c1C(F)(F)F. The summed E-state index contributed by atoms with van der Waals surface area (Å²) < 4.78 is 48.7. The monoisotopic (exact) mass is 377 g/mol. The first-order chi connectivity index (χ1) is 12.7. The Morgan fingerprint density at radius 2 is 1.96 bits per heavy atom. The molecule has 3 rings (SSSR count). The summed E-state index contributed by atoms with van der Waals surface area (Å²) in [5, 5.41) is 13.4. The Hall–Kier alpha value is -3.15. The highest BCUT2D eigenvalue weighted by atomic mass is 19.4. The zero-order chi connectivity index (χ0) is 20.1. The quantitative estimate of drug-likeness (QED) is 0.749. The number of hydrogen-bond donors (Lipinski definition) is 1. The molecular weight excluding hydrogens is 359 g/mol. The summed E-state index contributed by atoms with van der Waals surface area (Å²) in [6.45, 7) is 5.15. The lowest BCUT2D eigenvalue weighted by molar-refractivity contribution is -0.142. The van der Waals surface area contributed by atoms with Crippen LogP contribution in [0.5, 0.6) is 5.75 Å². The standard InChI is InChI=1S/C18H18F3N5O/c1-5-25-15(18(19,20)21)13-11(8-22)16(23)26(17(13)24-25)14-9(2)6-7-12(27-4)10(14)3/h6-7H,5,23H2,1-4H3. The molecule has 0 fully saturated rings. The van der Waals surface area contributed by atoms with Gasteiger partial charge in [-0.3, -0.25) is 9.25 Å². The van der Waals surface area contributed by atoms with Crippen LogP contribution in [0.1, 0.15) is 29.3 Å². The molecule has 0 saturated carbocycles. The summed E-state index contributed by atoms with van der Waals surface area (Å²) in [6, 6.07) is 5.36. The maximum absolute atomic E-state index is 13.7. The zero-order valence-electron chi connectivity index (χ0n) is 15.3. The van der Waals surface area contributed by atoms with Gasteiger partial charge < -0.3 is 10.5 Å². The first-order valence-electron chi connectivity index (χ1n) is 8.19. The molecule has 0 unspecified atom stereocenters. The molecule has 2 heterocycles. The van der Waals surface area contributed by atoms with Crippen molar-refractivity contribution < 1.29 is 17.9 Å². The van der Waals surface area contributed by atoms with Crippen molar-refractivity contribution in [3.63, 3.8) is 0 Å². The van der Waals surface area contributed by atoms with Gasteiger partial charge in [0.2, 0.25) is 0 Å². The van der Waals surface area contributed by atoms with Crippen molar-refractivity contribution in [2.45, 2.75) is 33.5 Å². The van der Waals surface area contributed by atoms with Crippen LogP contribution >= 0.6 is 0 Å². The van der Waals surface area contributed by atoms with Gasteiger partial charge in [-0.05, 0) is 32.4 Å². The molecular formula is C18H18F3N5O. The van der Waals surface area contributed by atoms with E-state index in [0.29, 0.717) is 17.0 Å². The number of benzene rings is 1. The van der Waals surface area contributed by atoms with Crippen LogP contribution in [0.2, 0.25) is 0 Å². The van der Waals surface area contributed by atoms with Crippen molar-refractivity contribution in [1.82, 2.24) is 14.3 Å². The Morgan fingerprint density at radius 1 is 1.30 bits per heavy atom. The molecule has 0 radical (unpaired) electrons. The van der Waals surface area contributed by atoms with Crippen LogP contribution < -0.4 is 10.5 Å². The average molecular weight is 377 g/mol. The number of anilines is 1. The highest BCUT2D eigenvalue weighted by Crippen LogP contribution is 2.42. The number of rotatable bonds is 3. The van der Waals surface area contributed by atoms with Crippen molar-refractivity contribution >= 4 is 16.9 Å². The Bertz CT molecular complexity index is 1090. The summed E-state index contributed by atoms with van der Waals surface area (Å²) in [6.07, 6.45) is -4.67. The summed E-state index contributed by atoms with van der Waals surface area (Å²) in [7, 11) is 1.50. The van der Waals surface area contributed by atoms with Crippen LogP contribution in [0.15, 0.2) is 12.1 Å². The lowest BCUT2D eigenvalue weighted by Gasteiger charge is -2.16. The van der Waals surface area contributed by atoms with E-state index in [1.54, 1.807) is 32.9 Å². The van der Waals surface area contributed by atoms with Crippen molar-refractivity contribution in [1.29, 1.82) is 5.26 Å². The average Bonchev–Trinajstić information content (AvgIpc) is 3.09. The van der Waals surface area contributed by atoms with Gasteiger partial charge in [0.05, 0.1) is 18.2 Å². The van der Waals surface area contributed by atoms with Crippen LogP contribution in [0, 0.1) is 25.2 Å². The van der Waals surface area contributed by atoms with E-state index in [4.69, 9.17) is 10.5 Å². The van der Waals surface area contributed by atoms with Gasteiger partial charge in [0.15, 0.2) is 11.3 Å². The molecule has 6 nitrogen and oxygen atoms in total. The molecule has 0 spiro atoms. The Balaban J connectivity index is 2.53. The van der Waals surface area contributed by atoms with Gasteiger partial charge in [0, 0.05) is 12.1 Å². The van der Waals surface area contributed by atoms with Gasteiger partial charge in [-0.15, -0.1) is 0 Å². The van der Waals surface area contributed by atoms with E-state index in [2.05, 4.69) is 5.10 Å². The zero-order valence-corrected chi connectivity index (χ0v) is 15.3. The van der Waals surface area contributed by atoms with Crippen molar-refractivity contribution in [3.05, 3.63) is 34.5 Å². The fourth-order valence-corrected chi connectivity index (χ4v) is 3.43.